The van der Waals surface area contributed by atoms with E-state index >= 15 is 0 Å². The summed E-state index contributed by atoms with van der Waals surface area (Å²) in [5.41, 5.74) is 0.625. The second-order valence-corrected chi connectivity index (χ2v) is 6.52. The molecule has 5 nitrogen and oxygen atoms in total. The molecule has 0 aliphatic rings. The predicted molar refractivity (Wildman–Crippen MR) is 86.8 cm³/mol. The summed E-state index contributed by atoms with van der Waals surface area (Å²) in [6, 6.07) is 3.56. The highest BCUT2D eigenvalue weighted by molar-refractivity contribution is 9.10. The number of rotatable bonds is 5. The lowest BCUT2D eigenvalue weighted by atomic mass is 10.3. The Kier molecular flexibility index (Phi) is 5.54. The molecule has 1 heterocycles. The Morgan fingerprint density at radius 1 is 1.38 bits per heavy atom. The van der Waals surface area contributed by atoms with E-state index in [0.717, 1.165) is 11.8 Å². The van der Waals surface area contributed by atoms with Gasteiger partial charge >= 0.3 is 5.97 Å². The van der Waals surface area contributed by atoms with Crippen molar-refractivity contribution >= 4 is 56.9 Å². The molecule has 0 bridgehead atoms. The average Bonchev–Trinajstić information content (AvgIpc) is 2.85. The van der Waals surface area contributed by atoms with Gasteiger partial charge in [-0.25, -0.2) is 0 Å². The third kappa shape index (κ3) is 3.53. The third-order valence-electron chi connectivity index (χ3n) is 2.60. The van der Waals surface area contributed by atoms with Crippen molar-refractivity contribution < 1.29 is 9.90 Å². The lowest BCUT2D eigenvalue weighted by molar-refractivity contribution is -0.133. The summed E-state index contributed by atoms with van der Waals surface area (Å²) in [4.78, 5) is 10.7. The van der Waals surface area contributed by atoms with Crippen LogP contribution in [-0.2, 0) is 11.2 Å². The Labute approximate surface area is 143 Å². The molecule has 21 heavy (non-hydrogen) atoms. The zero-order valence-electron chi connectivity index (χ0n) is 10.8. The maximum Gasteiger partial charge on any atom is 0.313 e. The second kappa shape index (κ2) is 7.00. The van der Waals surface area contributed by atoms with Gasteiger partial charge in [0.1, 0.15) is 5.82 Å². The van der Waals surface area contributed by atoms with Gasteiger partial charge < -0.3 is 5.11 Å². The first-order valence-corrected chi connectivity index (χ1v) is 8.41. The van der Waals surface area contributed by atoms with Gasteiger partial charge in [-0.2, -0.15) is 0 Å². The standard InChI is InChI=1S/C12H10BrCl2N3O2S/c1-2-8-16-17-12(21-5-9(19)20)18(8)7-4-3-6(13)10(14)11(7)15/h3-4H,2,5H2,1H3,(H,19,20). The summed E-state index contributed by atoms with van der Waals surface area (Å²) in [7, 11) is 0. The molecule has 0 fully saturated rings. The van der Waals surface area contributed by atoms with Gasteiger partial charge in [-0.15, -0.1) is 10.2 Å². The Bertz CT molecular complexity index is 693. The van der Waals surface area contributed by atoms with Gasteiger partial charge in [-0.05, 0) is 28.1 Å². The van der Waals surface area contributed by atoms with E-state index in [2.05, 4.69) is 26.1 Å². The van der Waals surface area contributed by atoms with Crippen LogP contribution in [0.5, 0.6) is 0 Å². The molecule has 0 saturated carbocycles. The Balaban J connectivity index is 2.54. The van der Waals surface area contributed by atoms with Crippen LogP contribution in [0.25, 0.3) is 5.69 Å². The minimum absolute atomic E-state index is 0.107. The molecule has 112 valence electrons. The average molecular weight is 411 g/mol. The topological polar surface area (TPSA) is 68.0 Å². The number of aromatic nitrogens is 3. The van der Waals surface area contributed by atoms with Crippen molar-refractivity contribution in [1.29, 1.82) is 0 Å². The molecule has 0 amide bonds. The molecule has 1 N–H and O–H groups in total. The molecule has 0 spiro atoms. The molecule has 2 aromatic rings. The highest BCUT2D eigenvalue weighted by Crippen LogP contribution is 2.36. The third-order valence-corrected chi connectivity index (χ3v) is 5.27. The second-order valence-electron chi connectivity index (χ2n) is 3.96. The minimum atomic E-state index is -0.924. The molecule has 2 rings (SSSR count). The molecule has 0 aliphatic heterocycles. The normalized spacial score (nSPS) is 10.9. The van der Waals surface area contributed by atoms with E-state index in [1.165, 1.54) is 0 Å². The molecule has 0 radical (unpaired) electrons. The molecular weight excluding hydrogens is 401 g/mol. The number of thioether (sulfide) groups is 1. The number of aliphatic carboxylic acids is 1. The van der Waals surface area contributed by atoms with Crippen molar-refractivity contribution in [2.24, 2.45) is 0 Å². The number of carbonyl (C=O) groups is 1. The van der Waals surface area contributed by atoms with E-state index in [0.29, 0.717) is 37.6 Å². The van der Waals surface area contributed by atoms with E-state index in [4.69, 9.17) is 28.3 Å². The van der Waals surface area contributed by atoms with Crippen LogP contribution < -0.4 is 0 Å². The fourth-order valence-corrected chi connectivity index (χ4v) is 3.22. The Morgan fingerprint density at radius 2 is 2.10 bits per heavy atom. The molecule has 1 aromatic heterocycles. The van der Waals surface area contributed by atoms with Gasteiger partial charge in [0, 0.05) is 10.9 Å². The van der Waals surface area contributed by atoms with Crippen LogP contribution in [-0.4, -0.2) is 31.6 Å². The van der Waals surface area contributed by atoms with Crippen molar-refractivity contribution in [2.45, 2.75) is 18.5 Å². The Morgan fingerprint density at radius 3 is 2.71 bits per heavy atom. The summed E-state index contributed by atoms with van der Waals surface area (Å²) in [5, 5.41) is 18.1. The molecule has 1 aromatic carbocycles. The molecule has 9 heteroatoms. The van der Waals surface area contributed by atoms with Crippen molar-refractivity contribution in [3.63, 3.8) is 0 Å². The van der Waals surface area contributed by atoms with Gasteiger partial charge in [0.2, 0.25) is 0 Å². The van der Waals surface area contributed by atoms with Crippen LogP contribution in [0.1, 0.15) is 12.7 Å². The van der Waals surface area contributed by atoms with Crippen molar-refractivity contribution in [2.75, 3.05) is 5.75 Å². The van der Waals surface area contributed by atoms with E-state index < -0.39 is 5.97 Å². The van der Waals surface area contributed by atoms with Gasteiger partial charge in [-0.3, -0.25) is 9.36 Å². The predicted octanol–water partition coefficient (Wildman–Crippen LogP) is 4.08. The van der Waals surface area contributed by atoms with Crippen LogP contribution in [0.2, 0.25) is 10.0 Å². The molecule has 0 atom stereocenters. The molecule has 0 saturated heterocycles. The summed E-state index contributed by atoms with van der Waals surface area (Å²) in [6.07, 6.45) is 0.630. The minimum Gasteiger partial charge on any atom is -0.481 e. The number of hydrogen-bond acceptors (Lipinski definition) is 4. The van der Waals surface area contributed by atoms with Crippen molar-refractivity contribution in [3.05, 3.63) is 32.5 Å². The van der Waals surface area contributed by atoms with Gasteiger partial charge in [0.05, 0.1) is 21.5 Å². The number of hydrogen-bond donors (Lipinski definition) is 1. The van der Waals surface area contributed by atoms with Gasteiger partial charge in [0.25, 0.3) is 0 Å². The smallest absolute Gasteiger partial charge is 0.313 e. The monoisotopic (exact) mass is 409 g/mol. The highest BCUT2D eigenvalue weighted by Gasteiger charge is 2.18. The number of halogens is 3. The van der Waals surface area contributed by atoms with Crippen LogP contribution >= 0.6 is 50.9 Å². The first kappa shape index (κ1) is 16.6. The SMILES string of the molecule is CCc1nnc(SCC(=O)O)n1-c1ccc(Br)c(Cl)c1Cl. The fraction of sp³-hybridized carbons (Fsp3) is 0.250. The van der Waals surface area contributed by atoms with Crippen molar-refractivity contribution in [1.82, 2.24) is 14.8 Å². The Hall–Kier alpha value is -0.760. The number of nitrogens with zero attached hydrogens (tertiary/aromatic N) is 3. The van der Waals surface area contributed by atoms with Crippen LogP contribution in [0, 0.1) is 0 Å². The summed E-state index contributed by atoms with van der Waals surface area (Å²) in [6.45, 7) is 1.93. The molecular formula is C12H10BrCl2N3O2S. The van der Waals surface area contributed by atoms with Gasteiger partial charge in [-0.1, -0.05) is 41.9 Å². The first-order chi connectivity index (χ1) is 9.95. The largest absolute Gasteiger partial charge is 0.481 e. The highest BCUT2D eigenvalue weighted by atomic mass is 79.9. The maximum atomic E-state index is 10.7. The molecule has 0 aliphatic carbocycles. The zero-order chi connectivity index (χ0) is 15.6. The lowest BCUT2D eigenvalue weighted by Gasteiger charge is -2.12. The van der Waals surface area contributed by atoms with E-state index in [-0.39, 0.29) is 5.75 Å². The number of aryl methyl sites for hydroxylation is 1. The van der Waals surface area contributed by atoms with E-state index in [1.54, 1.807) is 16.7 Å². The van der Waals surface area contributed by atoms with Crippen LogP contribution in [0.3, 0.4) is 0 Å². The number of benzene rings is 1. The lowest BCUT2D eigenvalue weighted by Crippen LogP contribution is -2.05. The maximum absolute atomic E-state index is 10.7. The zero-order valence-corrected chi connectivity index (χ0v) is 14.7. The van der Waals surface area contributed by atoms with E-state index in [9.17, 15) is 4.79 Å². The number of carboxylic acids is 1. The summed E-state index contributed by atoms with van der Waals surface area (Å²) < 4.78 is 2.41. The number of carboxylic acid groups (broad SMARTS) is 1. The van der Waals surface area contributed by atoms with E-state index in [1.807, 2.05) is 6.92 Å². The molecule has 0 unspecified atom stereocenters. The van der Waals surface area contributed by atoms with Crippen LogP contribution in [0.4, 0.5) is 0 Å². The quantitative estimate of drug-likeness (QED) is 0.594. The van der Waals surface area contributed by atoms with Crippen LogP contribution in [0.15, 0.2) is 21.8 Å². The van der Waals surface area contributed by atoms with Gasteiger partial charge in [0.15, 0.2) is 5.16 Å². The fourth-order valence-electron chi connectivity index (χ4n) is 1.68. The van der Waals surface area contributed by atoms with Crippen molar-refractivity contribution in [3.8, 4) is 5.69 Å². The first-order valence-electron chi connectivity index (χ1n) is 5.88. The summed E-state index contributed by atoms with van der Waals surface area (Å²) in [5.74, 6) is -0.347. The summed E-state index contributed by atoms with van der Waals surface area (Å²) >= 11 is 16.8.